The second-order valence-electron chi connectivity index (χ2n) is 5.17. The number of benzene rings is 1. The van der Waals surface area contributed by atoms with Gasteiger partial charge in [0.15, 0.2) is 0 Å². The van der Waals surface area contributed by atoms with Gasteiger partial charge in [-0.15, -0.1) is 0 Å². The minimum absolute atomic E-state index is 0.574. The van der Waals surface area contributed by atoms with E-state index in [1.54, 1.807) is 7.11 Å². The van der Waals surface area contributed by atoms with Gasteiger partial charge >= 0.3 is 0 Å². The van der Waals surface area contributed by atoms with Gasteiger partial charge in [-0.1, -0.05) is 36.4 Å². The van der Waals surface area contributed by atoms with Crippen LogP contribution in [0, 0.1) is 11.8 Å². The van der Waals surface area contributed by atoms with Crippen LogP contribution in [-0.4, -0.2) is 7.11 Å². The molecule has 1 saturated carbocycles. The summed E-state index contributed by atoms with van der Waals surface area (Å²) in [6.07, 6.45) is 7.14. The molecular formula is C16H18O. The molecule has 1 heteroatoms. The van der Waals surface area contributed by atoms with Gasteiger partial charge in [-0.05, 0) is 42.4 Å². The Kier molecular flexibility index (Phi) is 2.54. The third-order valence-electron chi connectivity index (χ3n) is 4.13. The first kappa shape index (κ1) is 10.6. The zero-order valence-electron chi connectivity index (χ0n) is 10.2. The van der Waals surface area contributed by atoms with Gasteiger partial charge in [0.25, 0.3) is 0 Å². The summed E-state index contributed by atoms with van der Waals surface area (Å²) < 4.78 is 5.20. The lowest BCUT2D eigenvalue weighted by Gasteiger charge is -2.18. The number of ether oxygens (including phenoxy) is 1. The van der Waals surface area contributed by atoms with Gasteiger partial charge in [-0.25, -0.2) is 0 Å². The number of rotatable bonds is 2. The number of fused-ring (bicyclic) bond motifs is 1. The van der Waals surface area contributed by atoms with Gasteiger partial charge in [0.05, 0.1) is 7.11 Å². The molecule has 0 aromatic heterocycles. The lowest BCUT2D eigenvalue weighted by Crippen LogP contribution is -2.08. The molecule has 3 unspecified atom stereocenters. The van der Waals surface area contributed by atoms with Crippen molar-refractivity contribution >= 4 is 0 Å². The van der Waals surface area contributed by atoms with E-state index in [1.807, 2.05) is 0 Å². The van der Waals surface area contributed by atoms with E-state index in [0.717, 1.165) is 17.6 Å². The Labute approximate surface area is 103 Å². The molecule has 0 bridgehead atoms. The molecule has 0 spiro atoms. The Hall–Kier alpha value is -1.50. The molecule has 0 radical (unpaired) electrons. The maximum absolute atomic E-state index is 5.20. The standard InChI is InChI=1S/C16H18O/c1-11-9-13-5-8-15(16(13)10-11)12-3-6-14(17-2)7-4-12/h3-8,13,15-16H,1,9-10H2,2H3. The van der Waals surface area contributed by atoms with E-state index in [1.165, 1.54) is 24.0 Å². The Morgan fingerprint density at radius 3 is 2.59 bits per heavy atom. The molecule has 0 N–H and O–H groups in total. The van der Waals surface area contributed by atoms with Crippen LogP contribution in [0.25, 0.3) is 0 Å². The van der Waals surface area contributed by atoms with Crippen molar-refractivity contribution in [2.45, 2.75) is 18.8 Å². The van der Waals surface area contributed by atoms with Crippen LogP contribution < -0.4 is 4.74 Å². The van der Waals surface area contributed by atoms with E-state index in [2.05, 4.69) is 43.0 Å². The topological polar surface area (TPSA) is 9.23 Å². The van der Waals surface area contributed by atoms with Crippen LogP contribution in [0.2, 0.25) is 0 Å². The van der Waals surface area contributed by atoms with E-state index in [4.69, 9.17) is 4.74 Å². The SMILES string of the molecule is C=C1CC2C=CC(c3ccc(OC)cc3)C2C1. The second kappa shape index (κ2) is 4.06. The van der Waals surface area contributed by atoms with Gasteiger partial charge in [-0.3, -0.25) is 0 Å². The van der Waals surface area contributed by atoms with Crippen molar-refractivity contribution in [2.75, 3.05) is 7.11 Å². The van der Waals surface area contributed by atoms with Gasteiger partial charge < -0.3 is 4.74 Å². The Morgan fingerprint density at radius 2 is 1.88 bits per heavy atom. The predicted molar refractivity (Wildman–Crippen MR) is 70.2 cm³/mol. The molecule has 0 heterocycles. The first-order valence-electron chi connectivity index (χ1n) is 6.27. The highest BCUT2D eigenvalue weighted by atomic mass is 16.5. The fraction of sp³-hybridized carbons (Fsp3) is 0.375. The largest absolute Gasteiger partial charge is 0.497 e. The molecule has 17 heavy (non-hydrogen) atoms. The molecule has 0 aliphatic heterocycles. The predicted octanol–water partition coefficient (Wildman–Crippen LogP) is 3.93. The van der Waals surface area contributed by atoms with Crippen molar-refractivity contribution in [3.63, 3.8) is 0 Å². The molecule has 88 valence electrons. The number of methoxy groups -OCH3 is 1. The van der Waals surface area contributed by atoms with Crippen molar-refractivity contribution in [1.29, 1.82) is 0 Å². The first-order chi connectivity index (χ1) is 8.28. The molecule has 0 saturated heterocycles. The molecule has 1 aromatic rings. The Balaban J connectivity index is 1.84. The minimum Gasteiger partial charge on any atom is -0.497 e. The maximum Gasteiger partial charge on any atom is 0.118 e. The van der Waals surface area contributed by atoms with Gasteiger partial charge in [0, 0.05) is 5.92 Å². The zero-order chi connectivity index (χ0) is 11.8. The van der Waals surface area contributed by atoms with Crippen LogP contribution in [-0.2, 0) is 0 Å². The van der Waals surface area contributed by atoms with Crippen molar-refractivity contribution < 1.29 is 4.74 Å². The summed E-state index contributed by atoms with van der Waals surface area (Å²) in [4.78, 5) is 0. The third-order valence-corrected chi connectivity index (χ3v) is 4.13. The average molecular weight is 226 g/mol. The van der Waals surface area contributed by atoms with E-state index < -0.39 is 0 Å². The van der Waals surface area contributed by atoms with Crippen LogP contribution in [0.3, 0.4) is 0 Å². The molecule has 2 aliphatic rings. The van der Waals surface area contributed by atoms with Crippen LogP contribution in [0.5, 0.6) is 5.75 Å². The number of allylic oxidation sites excluding steroid dienone is 3. The lowest BCUT2D eigenvalue weighted by atomic mass is 9.85. The third kappa shape index (κ3) is 1.80. The molecule has 2 aliphatic carbocycles. The van der Waals surface area contributed by atoms with Gasteiger partial charge in [-0.2, -0.15) is 0 Å². The van der Waals surface area contributed by atoms with E-state index >= 15 is 0 Å². The quantitative estimate of drug-likeness (QED) is 0.694. The van der Waals surface area contributed by atoms with Crippen molar-refractivity contribution in [3.8, 4) is 5.75 Å². The monoisotopic (exact) mass is 226 g/mol. The molecule has 3 rings (SSSR count). The van der Waals surface area contributed by atoms with Crippen molar-refractivity contribution in [3.05, 3.63) is 54.1 Å². The number of hydrogen-bond acceptors (Lipinski definition) is 1. The molecule has 3 atom stereocenters. The molecule has 1 aromatic carbocycles. The summed E-state index contributed by atoms with van der Waals surface area (Å²) in [5.74, 6) is 2.98. The Morgan fingerprint density at radius 1 is 1.12 bits per heavy atom. The molecule has 1 fully saturated rings. The normalized spacial score (nSPS) is 30.6. The van der Waals surface area contributed by atoms with Crippen LogP contribution in [0.4, 0.5) is 0 Å². The summed E-state index contributed by atoms with van der Waals surface area (Å²) >= 11 is 0. The average Bonchev–Trinajstić information content (AvgIpc) is 2.88. The zero-order valence-corrected chi connectivity index (χ0v) is 10.2. The smallest absolute Gasteiger partial charge is 0.118 e. The minimum atomic E-state index is 0.574. The van der Waals surface area contributed by atoms with Crippen molar-refractivity contribution in [1.82, 2.24) is 0 Å². The maximum atomic E-state index is 5.20. The second-order valence-corrected chi connectivity index (χ2v) is 5.17. The Bertz CT molecular complexity index is 455. The molecule has 0 amide bonds. The van der Waals surface area contributed by atoms with Crippen LogP contribution >= 0.6 is 0 Å². The fourth-order valence-corrected chi connectivity index (χ4v) is 3.25. The van der Waals surface area contributed by atoms with Gasteiger partial charge in [0.1, 0.15) is 5.75 Å². The highest BCUT2D eigenvalue weighted by molar-refractivity contribution is 5.36. The van der Waals surface area contributed by atoms with Gasteiger partial charge in [0.2, 0.25) is 0 Å². The van der Waals surface area contributed by atoms with Crippen molar-refractivity contribution in [2.24, 2.45) is 11.8 Å². The fourth-order valence-electron chi connectivity index (χ4n) is 3.25. The first-order valence-corrected chi connectivity index (χ1v) is 6.27. The van der Waals surface area contributed by atoms with E-state index in [-0.39, 0.29) is 0 Å². The molecule has 1 nitrogen and oxygen atoms in total. The summed E-state index contributed by atoms with van der Waals surface area (Å²) in [5, 5.41) is 0. The highest BCUT2D eigenvalue weighted by Gasteiger charge is 2.37. The van der Waals surface area contributed by atoms with E-state index in [0.29, 0.717) is 5.92 Å². The summed E-state index contributed by atoms with van der Waals surface area (Å²) in [6.45, 7) is 4.14. The summed E-state index contributed by atoms with van der Waals surface area (Å²) in [7, 11) is 1.71. The van der Waals surface area contributed by atoms with Crippen LogP contribution in [0.15, 0.2) is 48.6 Å². The lowest BCUT2D eigenvalue weighted by molar-refractivity contribution is 0.413. The number of hydrogen-bond donors (Lipinski definition) is 0. The summed E-state index contributed by atoms with van der Waals surface area (Å²) in [6, 6.07) is 8.50. The molecular weight excluding hydrogens is 208 g/mol. The highest BCUT2D eigenvalue weighted by Crippen LogP contribution is 2.49. The summed E-state index contributed by atoms with van der Waals surface area (Å²) in [5.41, 5.74) is 2.83. The van der Waals surface area contributed by atoms with Crippen LogP contribution in [0.1, 0.15) is 24.3 Å². The van der Waals surface area contributed by atoms with E-state index in [9.17, 15) is 0 Å².